The first-order valence-electron chi connectivity index (χ1n) is 15.1. The highest BCUT2D eigenvalue weighted by Gasteiger charge is 2.35. The summed E-state index contributed by atoms with van der Waals surface area (Å²) in [6.45, 7) is 14.3. The van der Waals surface area contributed by atoms with Gasteiger partial charge in [0.2, 0.25) is 5.91 Å². The van der Waals surface area contributed by atoms with Gasteiger partial charge in [-0.15, -0.1) is 12.4 Å². The standard InChI is InChI=1S/C32H50N4O.ClH/c1-3-34(4-2)26-31(37)33-27-32(18-24-35-20-9-5-10-21-35,19-25-36-22-11-6-12-23-36)30-17-13-15-28-14-7-8-16-29(28)30;/h7-8,13-17H,3-6,9-12,18-27H2,1-2H3,(H,33,37);1H. The highest BCUT2D eigenvalue weighted by atomic mass is 35.5. The van der Waals surface area contributed by atoms with Crippen LogP contribution >= 0.6 is 12.4 Å². The molecule has 1 amide bonds. The maximum Gasteiger partial charge on any atom is 0.234 e. The third-order valence-electron chi connectivity index (χ3n) is 8.96. The van der Waals surface area contributed by atoms with Crippen molar-refractivity contribution in [2.24, 2.45) is 0 Å². The van der Waals surface area contributed by atoms with Crippen LogP contribution in [-0.2, 0) is 10.2 Å². The first kappa shape index (κ1) is 30.9. The summed E-state index contributed by atoms with van der Waals surface area (Å²) < 4.78 is 0. The van der Waals surface area contributed by atoms with Gasteiger partial charge in [-0.25, -0.2) is 0 Å². The van der Waals surface area contributed by atoms with Crippen LogP contribution in [0, 0.1) is 0 Å². The quantitative estimate of drug-likeness (QED) is 0.352. The summed E-state index contributed by atoms with van der Waals surface area (Å²) in [4.78, 5) is 20.7. The molecule has 6 heteroatoms. The monoisotopic (exact) mass is 542 g/mol. The molecule has 2 aliphatic heterocycles. The van der Waals surface area contributed by atoms with Crippen LogP contribution in [0.4, 0.5) is 0 Å². The van der Waals surface area contributed by atoms with Gasteiger partial charge in [-0.3, -0.25) is 9.69 Å². The predicted octanol–water partition coefficient (Wildman–Crippen LogP) is 5.71. The third-order valence-corrected chi connectivity index (χ3v) is 8.96. The molecular weight excluding hydrogens is 492 g/mol. The second-order valence-electron chi connectivity index (χ2n) is 11.3. The van der Waals surface area contributed by atoms with E-state index in [1.54, 1.807) is 0 Å². The molecule has 0 saturated carbocycles. The Morgan fingerprint density at radius 3 is 1.95 bits per heavy atom. The van der Waals surface area contributed by atoms with E-state index in [2.05, 4.69) is 76.3 Å². The number of fused-ring (bicyclic) bond motifs is 1. The minimum atomic E-state index is -0.0886. The van der Waals surface area contributed by atoms with Crippen molar-refractivity contribution < 1.29 is 4.79 Å². The number of benzene rings is 2. The third kappa shape index (κ3) is 8.42. The fourth-order valence-corrected chi connectivity index (χ4v) is 6.44. The minimum absolute atomic E-state index is 0. The minimum Gasteiger partial charge on any atom is -0.354 e. The Hall–Kier alpha value is -1.66. The normalized spacial score (nSPS) is 17.4. The fraction of sp³-hybridized carbons (Fsp3) is 0.656. The van der Waals surface area contributed by atoms with E-state index >= 15 is 0 Å². The van der Waals surface area contributed by atoms with Crippen LogP contribution in [0.1, 0.15) is 70.8 Å². The summed E-state index contributed by atoms with van der Waals surface area (Å²) in [5.41, 5.74) is 1.33. The Balaban J connectivity index is 0.00000400. The zero-order valence-electron chi connectivity index (χ0n) is 23.9. The topological polar surface area (TPSA) is 38.8 Å². The number of hydrogen-bond donors (Lipinski definition) is 1. The number of likely N-dealkylation sites (N-methyl/N-ethyl adjacent to an activating group) is 1. The largest absolute Gasteiger partial charge is 0.354 e. The molecule has 38 heavy (non-hydrogen) atoms. The summed E-state index contributed by atoms with van der Waals surface area (Å²) in [7, 11) is 0. The van der Waals surface area contributed by atoms with Crippen molar-refractivity contribution in [1.82, 2.24) is 20.0 Å². The lowest BCUT2D eigenvalue weighted by Gasteiger charge is -2.40. The van der Waals surface area contributed by atoms with E-state index in [-0.39, 0.29) is 23.7 Å². The maximum atomic E-state index is 13.2. The lowest BCUT2D eigenvalue weighted by molar-refractivity contribution is -0.122. The molecule has 1 N–H and O–H groups in total. The molecule has 212 valence electrons. The zero-order chi connectivity index (χ0) is 25.9. The van der Waals surface area contributed by atoms with Gasteiger partial charge in [0.15, 0.2) is 0 Å². The van der Waals surface area contributed by atoms with E-state index in [1.165, 1.54) is 81.0 Å². The summed E-state index contributed by atoms with van der Waals surface area (Å²) in [6, 6.07) is 15.7. The van der Waals surface area contributed by atoms with Crippen LogP contribution in [0.15, 0.2) is 42.5 Å². The summed E-state index contributed by atoms with van der Waals surface area (Å²) >= 11 is 0. The molecule has 4 rings (SSSR count). The maximum absolute atomic E-state index is 13.2. The van der Waals surface area contributed by atoms with E-state index in [9.17, 15) is 4.79 Å². The van der Waals surface area contributed by atoms with E-state index < -0.39 is 0 Å². The Kier molecular flexibility index (Phi) is 12.8. The Bertz CT molecular complexity index is 940. The van der Waals surface area contributed by atoms with Crippen LogP contribution < -0.4 is 5.32 Å². The molecule has 2 saturated heterocycles. The number of piperidine rings is 2. The number of carbonyl (C=O) groups is 1. The molecule has 0 unspecified atom stereocenters. The number of halogens is 1. The van der Waals surface area contributed by atoms with Crippen molar-refractivity contribution in [2.75, 3.05) is 65.4 Å². The number of carbonyl (C=O) groups excluding carboxylic acids is 1. The molecule has 2 aliphatic rings. The van der Waals surface area contributed by atoms with Gasteiger partial charge in [0.25, 0.3) is 0 Å². The van der Waals surface area contributed by atoms with Gasteiger partial charge in [-0.2, -0.15) is 0 Å². The van der Waals surface area contributed by atoms with Crippen molar-refractivity contribution in [3.63, 3.8) is 0 Å². The van der Waals surface area contributed by atoms with Crippen LogP contribution in [0.25, 0.3) is 10.8 Å². The Labute approximate surface area is 237 Å². The van der Waals surface area contributed by atoms with Crippen molar-refractivity contribution in [3.05, 3.63) is 48.0 Å². The summed E-state index contributed by atoms with van der Waals surface area (Å²) in [6.07, 6.45) is 10.2. The van der Waals surface area contributed by atoms with Gasteiger partial charge in [-0.05, 0) is 107 Å². The molecule has 0 aliphatic carbocycles. The second-order valence-corrected chi connectivity index (χ2v) is 11.3. The van der Waals surface area contributed by atoms with E-state index in [0.717, 1.165) is 39.0 Å². The zero-order valence-corrected chi connectivity index (χ0v) is 24.7. The SMILES string of the molecule is CCN(CC)CC(=O)NCC(CCN1CCCCC1)(CCN1CCCCC1)c1cccc2ccccc12.Cl. The van der Waals surface area contributed by atoms with E-state index in [0.29, 0.717) is 13.1 Å². The average molecular weight is 543 g/mol. The van der Waals surface area contributed by atoms with Crippen molar-refractivity contribution in [3.8, 4) is 0 Å². The molecule has 2 aromatic rings. The lowest BCUT2D eigenvalue weighted by Crippen LogP contribution is -2.48. The Morgan fingerprint density at radius 2 is 1.37 bits per heavy atom. The molecule has 0 atom stereocenters. The first-order chi connectivity index (χ1) is 18.1. The number of amides is 1. The van der Waals surface area contributed by atoms with Crippen LogP contribution in [0.3, 0.4) is 0 Å². The molecule has 5 nitrogen and oxygen atoms in total. The molecular formula is C32H51ClN4O. The molecule has 2 heterocycles. The van der Waals surface area contributed by atoms with Gasteiger partial charge >= 0.3 is 0 Å². The fourth-order valence-electron chi connectivity index (χ4n) is 6.44. The molecule has 2 fully saturated rings. The smallest absolute Gasteiger partial charge is 0.234 e. The second kappa shape index (κ2) is 15.8. The van der Waals surface area contributed by atoms with Crippen molar-refractivity contribution >= 4 is 29.1 Å². The van der Waals surface area contributed by atoms with Gasteiger partial charge in [0, 0.05) is 12.0 Å². The van der Waals surface area contributed by atoms with Crippen LogP contribution in [0.2, 0.25) is 0 Å². The number of nitrogens with zero attached hydrogens (tertiary/aromatic N) is 3. The number of rotatable bonds is 13. The highest BCUT2D eigenvalue weighted by molar-refractivity contribution is 5.87. The Morgan fingerprint density at radius 1 is 0.816 bits per heavy atom. The van der Waals surface area contributed by atoms with E-state index in [4.69, 9.17) is 0 Å². The summed E-state index contributed by atoms with van der Waals surface area (Å²) in [5.74, 6) is 0.157. The molecule has 0 aromatic heterocycles. The number of hydrogen-bond acceptors (Lipinski definition) is 4. The molecule has 0 spiro atoms. The first-order valence-corrected chi connectivity index (χ1v) is 15.1. The molecule has 0 bridgehead atoms. The molecule has 0 radical (unpaired) electrons. The van der Waals surface area contributed by atoms with E-state index in [1.807, 2.05) is 0 Å². The van der Waals surface area contributed by atoms with Gasteiger partial charge < -0.3 is 15.1 Å². The summed E-state index contributed by atoms with van der Waals surface area (Å²) in [5, 5.41) is 6.09. The highest BCUT2D eigenvalue weighted by Crippen LogP contribution is 2.37. The number of likely N-dealkylation sites (tertiary alicyclic amines) is 2. The van der Waals surface area contributed by atoms with Crippen LogP contribution in [0.5, 0.6) is 0 Å². The van der Waals surface area contributed by atoms with Gasteiger partial charge in [-0.1, -0.05) is 69.2 Å². The van der Waals surface area contributed by atoms with Crippen molar-refractivity contribution in [2.45, 2.75) is 70.6 Å². The van der Waals surface area contributed by atoms with Crippen molar-refractivity contribution in [1.29, 1.82) is 0 Å². The molecule has 2 aromatic carbocycles. The van der Waals surface area contributed by atoms with Gasteiger partial charge in [0.1, 0.15) is 0 Å². The van der Waals surface area contributed by atoms with Gasteiger partial charge in [0.05, 0.1) is 6.54 Å². The average Bonchev–Trinajstić information content (AvgIpc) is 2.96. The lowest BCUT2D eigenvalue weighted by atomic mass is 9.72. The predicted molar refractivity (Wildman–Crippen MR) is 163 cm³/mol. The number of nitrogens with one attached hydrogen (secondary N) is 1. The van der Waals surface area contributed by atoms with Crippen LogP contribution in [-0.4, -0.2) is 86.1 Å².